The summed E-state index contributed by atoms with van der Waals surface area (Å²) in [6.07, 6.45) is 2.27. The fourth-order valence-electron chi connectivity index (χ4n) is 2.48. The van der Waals surface area contributed by atoms with Crippen molar-refractivity contribution in [3.8, 4) is 0 Å². The Bertz CT molecular complexity index is 411. The van der Waals surface area contributed by atoms with Gasteiger partial charge in [0.2, 0.25) is 0 Å². The van der Waals surface area contributed by atoms with Gasteiger partial charge in [-0.2, -0.15) is 0 Å². The summed E-state index contributed by atoms with van der Waals surface area (Å²) in [5, 5.41) is 0. The first-order chi connectivity index (χ1) is 9.19. The molecule has 0 aromatic heterocycles. The number of hydrogen-bond acceptors (Lipinski definition) is 3. The van der Waals surface area contributed by atoms with E-state index in [0.29, 0.717) is 12.5 Å². The monoisotopic (exact) mass is 373 g/mol. The number of carbonyl (C=O) groups is 1. The highest BCUT2D eigenvalue weighted by Gasteiger charge is 2.21. The molecule has 1 aromatic rings. The number of likely N-dealkylation sites (tertiary alicyclic amines) is 1. The van der Waals surface area contributed by atoms with Gasteiger partial charge in [0.25, 0.3) is 0 Å². The van der Waals surface area contributed by atoms with Crippen molar-refractivity contribution >= 4 is 28.4 Å². The second kappa shape index (κ2) is 7.36. The van der Waals surface area contributed by atoms with E-state index >= 15 is 0 Å². The van der Waals surface area contributed by atoms with Crippen molar-refractivity contribution in [1.29, 1.82) is 0 Å². The lowest BCUT2D eigenvalue weighted by atomic mass is 9.97. The normalized spacial score (nSPS) is 17.6. The number of piperidine rings is 1. The quantitative estimate of drug-likeness (QED) is 0.587. The highest BCUT2D eigenvalue weighted by Crippen LogP contribution is 2.17. The SMILES string of the molecule is COCC1CCN(CC(=O)c2ccc(I)cc2)CC1. The third-order valence-electron chi connectivity index (χ3n) is 3.64. The van der Waals surface area contributed by atoms with Gasteiger partial charge in [0.1, 0.15) is 0 Å². The van der Waals surface area contributed by atoms with E-state index in [2.05, 4.69) is 27.5 Å². The molecule has 0 amide bonds. The van der Waals surface area contributed by atoms with Crippen LogP contribution < -0.4 is 0 Å². The summed E-state index contributed by atoms with van der Waals surface area (Å²) < 4.78 is 6.35. The van der Waals surface area contributed by atoms with E-state index in [1.54, 1.807) is 7.11 Å². The minimum Gasteiger partial charge on any atom is -0.384 e. The number of carbonyl (C=O) groups excluding carboxylic acids is 1. The summed E-state index contributed by atoms with van der Waals surface area (Å²) in [5.74, 6) is 0.885. The third-order valence-corrected chi connectivity index (χ3v) is 4.36. The van der Waals surface area contributed by atoms with Gasteiger partial charge in [-0.25, -0.2) is 0 Å². The Morgan fingerprint density at radius 2 is 1.95 bits per heavy atom. The summed E-state index contributed by atoms with van der Waals surface area (Å²) in [5.41, 5.74) is 0.819. The summed E-state index contributed by atoms with van der Waals surface area (Å²) in [6.45, 7) is 3.40. The van der Waals surface area contributed by atoms with Gasteiger partial charge in [0, 0.05) is 22.9 Å². The number of hydrogen-bond donors (Lipinski definition) is 0. The van der Waals surface area contributed by atoms with E-state index in [9.17, 15) is 4.79 Å². The van der Waals surface area contributed by atoms with Gasteiger partial charge in [-0.3, -0.25) is 9.69 Å². The topological polar surface area (TPSA) is 29.5 Å². The van der Waals surface area contributed by atoms with Crippen LogP contribution in [0, 0.1) is 9.49 Å². The van der Waals surface area contributed by atoms with Crippen LogP contribution in [-0.2, 0) is 4.74 Å². The Labute approximate surface area is 128 Å². The summed E-state index contributed by atoms with van der Waals surface area (Å²) in [7, 11) is 1.76. The Kier molecular flexibility index (Phi) is 5.78. The first-order valence-corrected chi connectivity index (χ1v) is 7.77. The highest BCUT2D eigenvalue weighted by atomic mass is 127. The number of methoxy groups -OCH3 is 1. The van der Waals surface area contributed by atoms with Crippen LogP contribution in [0.15, 0.2) is 24.3 Å². The van der Waals surface area contributed by atoms with Crippen LogP contribution in [0.1, 0.15) is 23.2 Å². The highest BCUT2D eigenvalue weighted by molar-refractivity contribution is 14.1. The zero-order valence-corrected chi connectivity index (χ0v) is 13.4. The minimum atomic E-state index is 0.224. The molecule has 1 fully saturated rings. The van der Waals surface area contributed by atoms with Crippen LogP contribution in [0.2, 0.25) is 0 Å². The van der Waals surface area contributed by atoms with Gasteiger partial charge in [0.15, 0.2) is 5.78 Å². The molecule has 104 valence electrons. The molecule has 4 heteroatoms. The molecule has 1 heterocycles. The first kappa shape index (κ1) is 14.9. The zero-order chi connectivity index (χ0) is 13.7. The molecule has 0 N–H and O–H groups in total. The van der Waals surface area contributed by atoms with Crippen LogP contribution in [0.25, 0.3) is 0 Å². The van der Waals surface area contributed by atoms with Crippen LogP contribution in [-0.4, -0.2) is 44.0 Å². The number of Topliss-reactive ketones (excluding diaryl/α,β-unsaturated/α-hetero) is 1. The van der Waals surface area contributed by atoms with E-state index in [0.717, 1.165) is 41.7 Å². The molecule has 1 saturated heterocycles. The molecule has 19 heavy (non-hydrogen) atoms. The van der Waals surface area contributed by atoms with Crippen molar-refractivity contribution in [2.45, 2.75) is 12.8 Å². The maximum atomic E-state index is 12.2. The maximum Gasteiger partial charge on any atom is 0.176 e. The number of rotatable bonds is 5. The van der Waals surface area contributed by atoms with Crippen LogP contribution in [0.4, 0.5) is 0 Å². The van der Waals surface area contributed by atoms with Gasteiger partial charge in [0.05, 0.1) is 6.54 Å². The van der Waals surface area contributed by atoms with Crippen LogP contribution >= 0.6 is 22.6 Å². The number of ether oxygens (including phenoxy) is 1. The van der Waals surface area contributed by atoms with Crippen molar-refractivity contribution in [3.63, 3.8) is 0 Å². The lowest BCUT2D eigenvalue weighted by Crippen LogP contribution is -2.38. The van der Waals surface area contributed by atoms with Crippen LogP contribution in [0.3, 0.4) is 0 Å². The van der Waals surface area contributed by atoms with Crippen molar-refractivity contribution in [2.24, 2.45) is 5.92 Å². The number of ketones is 1. The summed E-state index contributed by atoms with van der Waals surface area (Å²) in [4.78, 5) is 14.4. The molecule has 0 unspecified atom stereocenters. The molecule has 0 atom stereocenters. The molecule has 0 spiro atoms. The van der Waals surface area contributed by atoms with Crippen molar-refractivity contribution in [2.75, 3.05) is 33.4 Å². The molecular formula is C15H20INO2. The van der Waals surface area contributed by atoms with E-state index in [4.69, 9.17) is 4.74 Å². The van der Waals surface area contributed by atoms with Crippen LogP contribution in [0.5, 0.6) is 0 Å². The second-order valence-electron chi connectivity index (χ2n) is 5.10. The standard InChI is InChI=1S/C15H20INO2/c1-19-11-12-6-8-17(9-7-12)10-15(18)13-2-4-14(16)5-3-13/h2-5,12H,6-11H2,1H3. The molecule has 1 aliphatic rings. The molecule has 1 aromatic carbocycles. The molecule has 0 radical (unpaired) electrons. The van der Waals surface area contributed by atoms with Crippen molar-refractivity contribution in [3.05, 3.63) is 33.4 Å². The minimum absolute atomic E-state index is 0.224. The average molecular weight is 373 g/mol. The van der Waals surface area contributed by atoms with E-state index in [-0.39, 0.29) is 5.78 Å². The number of nitrogens with zero attached hydrogens (tertiary/aromatic N) is 1. The smallest absolute Gasteiger partial charge is 0.176 e. The average Bonchev–Trinajstić information content (AvgIpc) is 2.42. The molecule has 0 aliphatic carbocycles. The van der Waals surface area contributed by atoms with Gasteiger partial charge < -0.3 is 4.74 Å². The number of halogens is 1. The Morgan fingerprint density at radius 1 is 1.32 bits per heavy atom. The lowest BCUT2D eigenvalue weighted by Gasteiger charge is -2.31. The largest absolute Gasteiger partial charge is 0.384 e. The van der Waals surface area contributed by atoms with Gasteiger partial charge in [-0.15, -0.1) is 0 Å². The predicted molar refractivity (Wildman–Crippen MR) is 84.5 cm³/mol. The van der Waals surface area contributed by atoms with E-state index < -0.39 is 0 Å². The number of benzene rings is 1. The van der Waals surface area contributed by atoms with Crippen molar-refractivity contribution in [1.82, 2.24) is 4.90 Å². The van der Waals surface area contributed by atoms with E-state index in [1.165, 1.54) is 0 Å². The maximum absolute atomic E-state index is 12.2. The summed E-state index contributed by atoms with van der Waals surface area (Å²) in [6, 6.07) is 7.81. The fraction of sp³-hybridized carbons (Fsp3) is 0.533. The zero-order valence-electron chi connectivity index (χ0n) is 11.3. The molecule has 0 bridgehead atoms. The third kappa shape index (κ3) is 4.54. The first-order valence-electron chi connectivity index (χ1n) is 6.69. The Balaban J connectivity index is 1.82. The van der Waals surface area contributed by atoms with Crippen molar-refractivity contribution < 1.29 is 9.53 Å². The molecule has 2 rings (SSSR count). The fourth-order valence-corrected chi connectivity index (χ4v) is 2.84. The molecule has 1 aliphatic heterocycles. The Morgan fingerprint density at radius 3 is 2.53 bits per heavy atom. The second-order valence-corrected chi connectivity index (χ2v) is 6.35. The lowest BCUT2D eigenvalue weighted by molar-refractivity contribution is 0.0810. The summed E-state index contributed by atoms with van der Waals surface area (Å²) >= 11 is 2.25. The van der Waals surface area contributed by atoms with Gasteiger partial charge >= 0.3 is 0 Å². The molecular weight excluding hydrogens is 353 g/mol. The Hall–Kier alpha value is -0.460. The van der Waals surface area contributed by atoms with Gasteiger partial charge in [-0.1, -0.05) is 12.1 Å². The predicted octanol–water partition coefficient (Wildman–Crippen LogP) is 2.83. The molecule has 3 nitrogen and oxygen atoms in total. The van der Waals surface area contributed by atoms with E-state index in [1.807, 2.05) is 24.3 Å². The molecule has 0 saturated carbocycles. The van der Waals surface area contributed by atoms with Gasteiger partial charge in [-0.05, 0) is 66.6 Å².